The van der Waals surface area contributed by atoms with E-state index in [1.807, 2.05) is 13.8 Å². The third-order valence-electron chi connectivity index (χ3n) is 3.10. The van der Waals surface area contributed by atoms with Gasteiger partial charge in [-0.25, -0.2) is 13.8 Å². The van der Waals surface area contributed by atoms with Crippen molar-refractivity contribution in [2.24, 2.45) is 0 Å². The molecule has 1 aromatic heterocycles. The molecule has 1 heterocycles. The zero-order chi connectivity index (χ0) is 14.2. The first-order valence-corrected chi connectivity index (χ1v) is 6.83. The van der Waals surface area contributed by atoms with Crippen LogP contribution >= 0.6 is 11.3 Å². The van der Waals surface area contributed by atoms with Crippen LogP contribution in [0.1, 0.15) is 32.7 Å². The first-order chi connectivity index (χ1) is 8.95. The van der Waals surface area contributed by atoms with Gasteiger partial charge in [-0.1, -0.05) is 6.07 Å². The molecule has 2 nitrogen and oxygen atoms in total. The zero-order valence-corrected chi connectivity index (χ0v) is 12.2. The first-order valence-electron chi connectivity index (χ1n) is 6.01. The molecule has 0 saturated carbocycles. The van der Waals surface area contributed by atoms with Gasteiger partial charge in [-0.15, -0.1) is 11.3 Å². The molecule has 102 valence electrons. The van der Waals surface area contributed by atoms with Crippen molar-refractivity contribution in [3.05, 3.63) is 50.5 Å². The van der Waals surface area contributed by atoms with Crippen molar-refractivity contribution < 1.29 is 8.78 Å². The molecule has 0 fully saturated rings. The van der Waals surface area contributed by atoms with Crippen molar-refractivity contribution >= 4 is 11.3 Å². The molecule has 0 bridgehead atoms. The third-order valence-corrected chi connectivity index (χ3v) is 4.24. The highest BCUT2D eigenvalue weighted by atomic mass is 32.1. The van der Waals surface area contributed by atoms with Gasteiger partial charge in [-0.05, 0) is 39.4 Å². The second-order valence-electron chi connectivity index (χ2n) is 4.50. The van der Waals surface area contributed by atoms with Crippen molar-refractivity contribution in [1.82, 2.24) is 10.3 Å². The highest BCUT2D eigenvalue weighted by molar-refractivity contribution is 7.11. The summed E-state index contributed by atoms with van der Waals surface area (Å²) in [6.45, 7) is 5.38. The standard InChI is InChI=1S/C14H16F2N2S/c1-7-5-6-10(15)11(12(7)16)13(17-4)14-8(2)18-9(3)19-14/h5-6,13,17H,1-4H3. The molecule has 19 heavy (non-hydrogen) atoms. The van der Waals surface area contributed by atoms with Gasteiger partial charge in [0.2, 0.25) is 0 Å². The Labute approximate surface area is 115 Å². The van der Waals surface area contributed by atoms with Gasteiger partial charge in [0.05, 0.1) is 16.7 Å². The smallest absolute Gasteiger partial charge is 0.134 e. The summed E-state index contributed by atoms with van der Waals surface area (Å²) in [7, 11) is 1.69. The maximum absolute atomic E-state index is 14.2. The molecule has 0 amide bonds. The lowest BCUT2D eigenvalue weighted by Gasteiger charge is -2.18. The van der Waals surface area contributed by atoms with Crippen LogP contribution < -0.4 is 5.32 Å². The summed E-state index contributed by atoms with van der Waals surface area (Å²) in [5, 5.41) is 3.88. The molecule has 0 saturated heterocycles. The number of benzene rings is 1. The fourth-order valence-corrected chi connectivity index (χ4v) is 3.21. The summed E-state index contributed by atoms with van der Waals surface area (Å²) in [5.41, 5.74) is 1.31. The zero-order valence-electron chi connectivity index (χ0n) is 11.3. The summed E-state index contributed by atoms with van der Waals surface area (Å²) in [6.07, 6.45) is 0. The van der Waals surface area contributed by atoms with Crippen molar-refractivity contribution in [1.29, 1.82) is 0 Å². The number of nitrogens with one attached hydrogen (secondary N) is 1. The molecule has 0 radical (unpaired) electrons. The topological polar surface area (TPSA) is 24.9 Å². The fraction of sp³-hybridized carbons (Fsp3) is 0.357. The van der Waals surface area contributed by atoms with Gasteiger partial charge in [-0.3, -0.25) is 0 Å². The second-order valence-corrected chi connectivity index (χ2v) is 5.73. The minimum absolute atomic E-state index is 0.0641. The summed E-state index contributed by atoms with van der Waals surface area (Å²) >= 11 is 1.46. The molecule has 1 N–H and O–H groups in total. The molecular formula is C14H16F2N2S. The predicted molar refractivity (Wildman–Crippen MR) is 73.6 cm³/mol. The molecule has 0 aliphatic heterocycles. The van der Waals surface area contributed by atoms with E-state index in [-0.39, 0.29) is 5.56 Å². The summed E-state index contributed by atoms with van der Waals surface area (Å²) < 4.78 is 28.2. The number of nitrogens with zero attached hydrogens (tertiary/aromatic N) is 1. The van der Waals surface area contributed by atoms with Gasteiger partial charge in [0.15, 0.2) is 0 Å². The molecule has 0 aliphatic carbocycles. The predicted octanol–water partition coefficient (Wildman–Crippen LogP) is 3.66. The molecule has 5 heteroatoms. The molecule has 2 rings (SSSR count). The fourth-order valence-electron chi connectivity index (χ4n) is 2.16. The van der Waals surface area contributed by atoms with E-state index in [2.05, 4.69) is 10.3 Å². The van der Waals surface area contributed by atoms with Crippen LogP contribution in [-0.4, -0.2) is 12.0 Å². The van der Waals surface area contributed by atoms with Crippen LogP contribution in [-0.2, 0) is 0 Å². The van der Waals surface area contributed by atoms with E-state index in [9.17, 15) is 8.78 Å². The van der Waals surface area contributed by atoms with Crippen molar-refractivity contribution in [2.45, 2.75) is 26.8 Å². The number of halogens is 2. The van der Waals surface area contributed by atoms with Gasteiger partial charge in [0, 0.05) is 10.4 Å². The molecule has 1 atom stereocenters. The average molecular weight is 282 g/mol. The molecule has 1 aromatic carbocycles. The van der Waals surface area contributed by atoms with Crippen LogP contribution in [0.15, 0.2) is 12.1 Å². The Balaban J connectivity index is 2.61. The van der Waals surface area contributed by atoms with Crippen LogP contribution in [0.2, 0.25) is 0 Å². The molecule has 1 unspecified atom stereocenters. The van der Waals surface area contributed by atoms with Crippen molar-refractivity contribution in [2.75, 3.05) is 7.05 Å². The van der Waals surface area contributed by atoms with Crippen LogP contribution in [0.3, 0.4) is 0 Å². The maximum Gasteiger partial charge on any atom is 0.134 e. The summed E-state index contributed by atoms with van der Waals surface area (Å²) in [6, 6.07) is 2.25. The molecular weight excluding hydrogens is 266 g/mol. The third kappa shape index (κ3) is 2.53. The Bertz CT molecular complexity index is 608. The Hall–Kier alpha value is -1.33. The lowest BCUT2D eigenvalue weighted by Crippen LogP contribution is -2.20. The van der Waals surface area contributed by atoms with Crippen LogP contribution in [0.25, 0.3) is 0 Å². The van der Waals surface area contributed by atoms with Crippen LogP contribution in [0.4, 0.5) is 8.78 Å². The maximum atomic E-state index is 14.2. The molecule has 0 aliphatic rings. The van der Waals surface area contributed by atoms with Crippen LogP contribution in [0.5, 0.6) is 0 Å². The Morgan fingerprint density at radius 3 is 2.42 bits per heavy atom. The second kappa shape index (κ2) is 5.35. The van der Waals surface area contributed by atoms with E-state index in [1.165, 1.54) is 23.5 Å². The molecule has 0 spiro atoms. The Morgan fingerprint density at radius 2 is 1.89 bits per heavy atom. The lowest BCUT2D eigenvalue weighted by molar-refractivity contribution is 0.519. The molecule has 2 aromatic rings. The van der Waals surface area contributed by atoms with E-state index < -0.39 is 17.7 Å². The van der Waals surface area contributed by atoms with E-state index in [0.717, 1.165) is 15.6 Å². The van der Waals surface area contributed by atoms with E-state index in [4.69, 9.17) is 0 Å². The minimum atomic E-state index is -0.534. The lowest BCUT2D eigenvalue weighted by atomic mass is 10.0. The number of aromatic nitrogens is 1. The summed E-state index contributed by atoms with van der Waals surface area (Å²) in [5.74, 6) is -1.03. The largest absolute Gasteiger partial charge is 0.308 e. The van der Waals surface area contributed by atoms with E-state index in [0.29, 0.717) is 5.56 Å². The number of thiazole rings is 1. The number of aryl methyl sites for hydroxylation is 3. The van der Waals surface area contributed by atoms with E-state index >= 15 is 0 Å². The van der Waals surface area contributed by atoms with Crippen molar-refractivity contribution in [3.8, 4) is 0 Å². The van der Waals surface area contributed by atoms with Gasteiger partial charge < -0.3 is 5.32 Å². The van der Waals surface area contributed by atoms with Crippen molar-refractivity contribution in [3.63, 3.8) is 0 Å². The van der Waals surface area contributed by atoms with E-state index in [1.54, 1.807) is 14.0 Å². The van der Waals surface area contributed by atoms with Gasteiger partial charge in [-0.2, -0.15) is 0 Å². The SMILES string of the molecule is CNC(c1sc(C)nc1C)c1c(F)ccc(C)c1F. The van der Waals surface area contributed by atoms with Gasteiger partial charge in [0.25, 0.3) is 0 Å². The Kier molecular flexibility index (Phi) is 3.96. The number of hydrogen-bond acceptors (Lipinski definition) is 3. The highest BCUT2D eigenvalue weighted by Crippen LogP contribution is 2.33. The Morgan fingerprint density at radius 1 is 1.21 bits per heavy atom. The highest BCUT2D eigenvalue weighted by Gasteiger charge is 2.25. The quantitative estimate of drug-likeness (QED) is 0.929. The van der Waals surface area contributed by atoms with Crippen LogP contribution in [0, 0.1) is 32.4 Å². The van der Waals surface area contributed by atoms with Gasteiger partial charge in [0.1, 0.15) is 11.6 Å². The number of hydrogen-bond donors (Lipinski definition) is 1. The number of rotatable bonds is 3. The first kappa shape index (κ1) is 14.1. The average Bonchev–Trinajstić information content (AvgIpc) is 2.69. The monoisotopic (exact) mass is 282 g/mol. The summed E-state index contributed by atoms with van der Waals surface area (Å²) in [4.78, 5) is 5.17. The minimum Gasteiger partial charge on any atom is -0.308 e. The van der Waals surface area contributed by atoms with Gasteiger partial charge >= 0.3 is 0 Å². The normalized spacial score (nSPS) is 12.7.